The van der Waals surface area contributed by atoms with Crippen LogP contribution < -0.4 is 10.2 Å². The first-order valence-corrected chi connectivity index (χ1v) is 8.36. The molecule has 0 unspecified atom stereocenters. The number of amides is 2. The van der Waals surface area contributed by atoms with Crippen molar-refractivity contribution in [1.29, 1.82) is 0 Å². The molecule has 128 valence electrons. The fraction of sp³-hybridized carbons (Fsp3) is 0.176. The van der Waals surface area contributed by atoms with Gasteiger partial charge >= 0.3 is 0 Å². The molecular weight excluding hydrogens is 386 g/mol. The highest BCUT2D eigenvalue weighted by Gasteiger charge is 2.19. The molecule has 7 nitrogen and oxygen atoms in total. The molecule has 1 aromatic carbocycles. The molecule has 2 N–H and O–H groups in total. The quantitative estimate of drug-likeness (QED) is 0.702. The van der Waals surface area contributed by atoms with Crippen molar-refractivity contribution in [2.45, 2.75) is 13.5 Å². The number of nitrogens with one attached hydrogen (secondary N) is 2. The Hall–Kier alpha value is -2.74. The topological polar surface area (TPSA) is 91.0 Å². The SMILES string of the molecule is CC(=O)N(C)c1ncc(Br)cc1C(=O)NCc1nc2ccccc2[nH]1. The second-order valence-corrected chi connectivity index (χ2v) is 6.40. The Labute approximate surface area is 152 Å². The van der Waals surface area contributed by atoms with E-state index in [1.54, 1.807) is 19.3 Å². The zero-order chi connectivity index (χ0) is 18.0. The molecule has 25 heavy (non-hydrogen) atoms. The molecule has 0 spiro atoms. The number of nitrogens with zero attached hydrogens (tertiary/aromatic N) is 3. The first kappa shape index (κ1) is 17.1. The smallest absolute Gasteiger partial charge is 0.255 e. The van der Waals surface area contributed by atoms with Crippen LogP contribution in [-0.4, -0.2) is 33.8 Å². The molecule has 0 saturated heterocycles. The van der Waals surface area contributed by atoms with Crippen molar-refractivity contribution in [2.75, 3.05) is 11.9 Å². The second-order valence-electron chi connectivity index (χ2n) is 5.49. The van der Waals surface area contributed by atoms with E-state index in [4.69, 9.17) is 0 Å². The predicted molar refractivity (Wildman–Crippen MR) is 98.3 cm³/mol. The van der Waals surface area contributed by atoms with Gasteiger partial charge in [0.25, 0.3) is 5.91 Å². The number of imidazole rings is 1. The number of hydrogen-bond acceptors (Lipinski definition) is 4. The Kier molecular flexibility index (Phi) is 4.80. The van der Waals surface area contributed by atoms with E-state index in [-0.39, 0.29) is 18.4 Å². The Morgan fingerprint density at radius 3 is 2.80 bits per heavy atom. The highest BCUT2D eigenvalue weighted by molar-refractivity contribution is 9.10. The van der Waals surface area contributed by atoms with Gasteiger partial charge in [0, 0.05) is 24.6 Å². The van der Waals surface area contributed by atoms with Crippen LogP contribution in [0.3, 0.4) is 0 Å². The number of para-hydroxylation sites is 2. The summed E-state index contributed by atoms with van der Waals surface area (Å²) in [6.45, 7) is 1.66. The van der Waals surface area contributed by atoms with Crippen molar-refractivity contribution in [2.24, 2.45) is 0 Å². The molecule has 0 atom stereocenters. The van der Waals surface area contributed by atoms with Gasteiger partial charge < -0.3 is 10.3 Å². The molecule has 3 aromatic rings. The van der Waals surface area contributed by atoms with Gasteiger partial charge in [-0.05, 0) is 34.1 Å². The molecule has 2 aromatic heterocycles. The van der Waals surface area contributed by atoms with Crippen LogP contribution in [0.25, 0.3) is 11.0 Å². The molecule has 0 aliphatic heterocycles. The van der Waals surface area contributed by atoms with Gasteiger partial charge in [-0.3, -0.25) is 14.5 Å². The van der Waals surface area contributed by atoms with Crippen molar-refractivity contribution < 1.29 is 9.59 Å². The monoisotopic (exact) mass is 401 g/mol. The lowest BCUT2D eigenvalue weighted by atomic mass is 10.2. The Bertz CT molecular complexity index is 920. The molecule has 0 aliphatic carbocycles. The lowest BCUT2D eigenvalue weighted by Crippen LogP contribution is -2.30. The number of pyridine rings is 1. The van der Waals surface area contributed by atoms with Gasteiger partial charge in [-0.2, -0.15) is 0 Å². The number of carbonyl (C=O) groups is 2. The lowest BCUT2D eigenvalue weighted by Gasteiger charge is -2.17. The summed E-state index contributed by atoms with van der Waals surface area (Å²) in [6.07, 6.45) is 1.55. The van der Waals surface area contributed by atoms with Crippen LogP contribution in [0.4, 0.5) is 5.82 Å². The number of aromatic amines is 1. The van der Waals surface area contributed by atoms with Crippen molar-refractivity contribution in [3.05, 3.63) is 52.4 Å². The summed E-state index contributed by atoms with van der Waals surface area (Å²) in [5.41, 5.74) is 2.06. The molecule has 0 bridgehead atoms. The van der Waals surface area contributed by atoms with Gasteiger partial charge in [-0.15, -0.1) is 0 Å². The van der Waals surface area contributed by atoms with E-state index in [0.29, 0.717) is 21.7 Å². The summed E-state index contributed by atoms with van der Waals surface area (Å²) in [7, 11) is 1.58. The summed E-state index contributed by atoms with van der Waals surface area (Å²) >= 11 is 3.31. The zero-order valence-electron chi connectivity index (χ0n) is 13.7. The summed E-state index contributed by atoms with van der Waals surface area (Å²) < 4.78 is 0.655. The van der Waals surface area contributed by atoms with Gasteiger partial charge in [0.15, 0.2) is 0 Å². The Morgan fingerprint density at radius 2 is 2.08 bits per heavy atom. The molecule has 2 heterocycles. The largest absolute Gasteiger partial charge is 0.345 e. The number of halogens is 1. The van der Waals surface area contributed by atoms with E-state index in [9.17, 15) is 9.59 Å². The van der Waals surface area contributed by atoms with E-state index in [1.165, 1.54) is 11.8 Å². The molecule has 0 radical (unpaired) electrons. The van der Waals surface area contributed by atoms with Crippen LogP contribution in [0.2, 0.25) is 0 Å². The highest BCUT2D eigenvalue weighted by Crippen LogP contribution is 2.21. The van der Waals surface area contributed by atoms with Crippen LogP contribution >= 0.6 is 15.9 Å². The maximum Gasteiger partial charge on any atom is 0.255 e. The standard InChI is InChI=1S/C17H16BrN5O2/c1-10(24)23(2)16-12(7-11(18)8-19-16)17(25)20-9-15-21-13-5-3-4-6-14(13)22-15/h3-8H,9H2,1-2H3,(H,20,25)(H,21,22). The molecule has 2 amide bonds. The fourth-order valence-electron chi connectivity index (χ4n) is 2.36. The summed E-state index contributed by atoms with van der Waals surface area (Å²) in [4.78, 5) is 37.3. The molecule has 3 rings (SSSR count). The van der Waals surface area contributed by atoms with Crippen LogP contribution in [-0.2, 0) is 11.3 Å². The molecule has 0 fully saturated rings. The van der Waals surface area contributed by atoms with Crippen molar-refractivity contribution in [3.63, 3.8) is 0 Å². The van der Waals surface area contributed by atoms with E-state index in [2.05, 4.69) is 36.2 Å². The summed E-state index contributed by atoms with van der Waals surface area (Å²) in [5.74, 6) is 0.412. The van der Waals surface area contributed by atoms with E-state index in [0.717, 1.165) is 11.0 Å². The van der Waals surface area contributed by atoms with Crippen molar-refractivity contribution in [3.8, 4) is 0 Å². The van der Waals surface area contributed by atoms with Gasteiger partial charge in [0.1, 0.15) is 11.6 Å². The minimum Gasteiger partial charge on any atom is -0.345 e. The number of benzene rings is 1. The number of fused-ring (bicyclic) bond motifs is 1. The number of hydrogen-bond donors (Lipinski definition) is 2. The normalized spacial score (nSPS) is 10.7. The lowest BCUT2D eigenvalue weighted by molar-refractivity contribution is -0.116. The third kappa shape index (κ3) is 3.69. The van der Waals surface area contributed by atoms with E-state index >= 15 is 0 Å². The Morgan fingerprint density at radius 1 is 1.32 bits per heavy atom. The molecule has 0 saturated carbocycles. The maximum absolute atomic E-state index is 12.6. The first-order valence-electron chi connectivity index (χ1n) is 7.57. The number of rotatable bonds is 4. The number of aromatic nitrogens is 3. The van der Waals surface area contributed by atoms with Gasteiger partial charge in [-0.25, -0.2) is 9.97 Å². The predicted octanol–water partition coefficient (Wildman–Crippen LogP) is 2.63. The minimum atomic E-state index is -0.336. The van der Waals surface area contributed by atoms with Gasteiger partial charge in [0.2, 0.25) is 5.91 Å². The van der Waals surface area contributed by atoms with Gasteiger partial charge in [-0.1, -0.05) is 12.1 Å². The third-order valence-corrected chi connectivity index (χ3v) is 4.16. The van der Waals surface area contributed by atoms with Crippen LogP contribution in [0, 0.1) is 0 Å². The average Bonchev–Trinajstić information content (AvgIpc) is 3.01. The maximum atomic E-state index is 12.6. The molecule has 0 aliphatic rings. The fourth-order valence-corrected chi connectivity index (χ4v) is 2.70. The minimum absolute atomic E-state index is 0.207. The van der Waals surface area contributed by atoms with Crippen LogP contribution in [0.5, 0.6) is 0 Å². The zero-order valence-corrected chi connectivity index (χ0v) is 15.3. The van der Waals surface area contributed by atoms with Crippen LogP contribution in [0.15, 0.2) is 41.0 Å². The van der Waals surface area contributed by atoms with Gasteiger partial charge in [0.05, 0.1) is 23.1 Å². The van der Waals surface area contributed by atoms with E-state index in [1.807, 2.05) is 24.3 Å². The third-order valence-electron chi connectivity index (χ3n) is 3.72. The molecule has 8 heteroatoms. The highest BCUT2D eigenvalue weighted by atomic mass is 79.9. The molecular formula is C17H16BrN5O2. The van der Waals surface area contributed by atoms with Crippen molar-refractivity contribution >= 4 is 44.6 Å². The van der Waals surface area contributed by atoms with Crippen LogP contribution in [0.1, 0.15) is 23.1 Å². The summed E-state index contributed by atoms with van der Waals surface area (Å²) in [6, 6.07) is 9.28. The number of H-pyrrole nitrogens is 1. The average molecular weight is 402 g/mol. The first-order chi connectivity index (χ1) is 12.0. The van der Waals surface area contributed by atoms with Crippen molar-refractivity contribution in [1.82, 2.24) is 20.3 Å². The van der Waals surface area contributed by atoms with E-state index < -0.39 is 0 Å². The number of carbonyl (C=O) groups excluding carboxylic acids is 2. The summed E-state index contributed by atoms with van der Waals surface area (Å²) in [5, 5.41) is 2.81. The Balaban J connectivity index is 1.80. The second kappa shape index (κ2) is 7.02. The number of anilines is 1.